The van der Waals surface area contributed by atoms with Gasteiger partial charge in [0, 0.05) is 24.2 Å². The zero-order valence-corrected chi connectivity index (χ0v) is 20.2. The monoisotopic (exact) mass is 498 g/mol. The Morgan fingerprint density at radius 3 is 2.23 bits per heavy atom. The molecule has 2 atom stereocenters. The van der Waals surface area contributed by atoms with Crippen molar-refractivity contribution in [1.29, 1.82) is 0 Å². The summed E-state index contributed by atoms with van der Waals surface area (Å²) >= 11 is 0. The van der Waals surface area contributed by atoms with Crippen LogP contribution in [-0.4, -0.2) is 52.6 Å². The molecular weight excluding hydrogens is 472 g/mol. The highest BCUT2D eigenvalue weighted by molar-refractivity contribution is 7.89. The number of aromatic nitrogens is 2. The smallest absolute Gasteiger partial charge is 0.357 e. The van der Waals surface area contributed by atoms with Gasteiger partial charge in [0.15, 0.2) is 5.69 Å². The molecule has 0 aliphatic carbocycles. The van der Waals surface area contributed by atoms with E-state index in [0.29, 0.717) is 18.8 Å². The van der Waals surface area contributed by atoms with E-state index in [1.807, 2.05) is 13.8 Å². The fraction of sp³-hybridized carbons (Fsp3) is 0.333. The molecular formula is C24H26N4O6S. The lowest BCUT2D eigenvalue weighted by Gasteiger charge is -2.34. The van der Waals surface area contributed by atoms with Gasteiger partial charge in [-0.3, -0.25) is 9.59 Å². The fourth-order valence-corrected chi connectivity index (χ4v) is 6.18. The molecule has 0 bridgehead atoms. The molecule has 1 aromatic heterocycles. The van der Waals surface area contributed by atoms with Gasteiger partial charge in [0.05, 0.1) is 10.3 Å². The van der Waals surface area contributed by atoms with Crippen LogP contribution in [0.15, 0.2) is 58.2 Å². The summed E-state index contributed by atoms with van der Waals surface area (Å²) in [5.41, 5.74) is -0.585. The minimum absolute atomic E-state index is 0.135. The third-order valence-electron chi connectivity index (χ3n) is 5.97. The molecule has 0 saturated carbocycles. The van der Waals surface area contributed by atoms with Crippen molar-refractivity contribution < 1.29 is 23.1 Å². The van der Waals surface area contributed by atoms with E-state index in [1.165, 1.54) is 40.7 Å². The number of nitrogens with one attached hydrogen (secondary N) is 1. The van der Waals surface area contributed by atoms with E-state index in [-0.39, 0.29) is 33.2 Å². The number of nitrogens with zero attached hydrogens (tertiary/aromatic N) is 3. The zero-order valence-electron chi connectivity index (χ0n) is 19.3. The van der Waals surface area contributed by atoms with E-state index in [4.69, 9.17) is 0 Å². The molecule has 3 aromatic rings. The van der Waals surface area contributed by atoms with Crippen LogP contribution in [0.25, 0.3) is 10.8 Å². The topological polar surface area (TPSA) is 139 Å². The van der Waals surface area contributed by atoms with Crippen molar-refractivity contribution >= 4 is 38.4 Å². The minimum atomic E-state index is -3.65. The Balaban J connectivity index is 1.51. The highest BCUT2D eigenvalue weighted by Crippen LogP contribution is 2.27. The highest BCUT2D eigenvalue weighted by Gasteiger charge is 2.31. The molecule has 2 heterocycles. The highest BCUT2D eigenvalue weighted by atomic mass is 32.2. The van der Waals surface area contributed by atoms with Crippen molar-refractivity contribution in [2.24, 2.45) is 11.8 Å². The SMILES string of the molecule is CC1CC(C)CN(S(=O)(=O)c2ccc(NC(=O)Cn3nc(C(=O)O)c4ccccc4c3=O)cc2)C1. The molecule has 0 spiro atoms. The molecule has 1 fully saturated rings. The van der Waals surface area contributed by atoms with Crippen LogP contribution in [-0.2, 0) is 21.4 Å². The van der Waals surface area contributed by atoms with E-state index in [2.05, 4.69) is 10.4 Å². The van der Waals surface area contributed by atoms with E-state index < -0.39 is 34.0 Å². The molecule has 11 heteroatoms. The van der Waals surface area contributed by atoms with Crippen LogP contribution in [0.5, 0.6) is 0 Å². The Bertz CT molecular complexity index is 1440. The first-order valence-electron chi connectivity index (χ1n) is 11.2. The number of rotatable bonds is 6. The summed E-state index contributed by atoms with van der Waals surface area (Å²) in [6.07, 6.45) is 0.986. The molecule has 10 nitrogen and oxygen atoms in total. The van der Waals surface area contributed by atoms with E-state index >= 15 is 0 Å². The summed E-state index contributed by atoms with van der Waals surface area (Å²) in [5, 5.41) is 16.2. The maximum atomic E-state index is 13.0. The van der Waals surface area contributed by atoms with E-state index in [9.17, 15) is 27.9 Å². The summed E-state index contributed by atoms with van der Waals surface area (Å²) in [6.45, 7) is 4.50. The number of anilines is 1. The van der Waals surface area contributed by atoms with Crippen molar-refractivity contribution in [3.63, 3.8) is 0 Å². The Morgan fingerprint density at radius 2 is 1.63 bits per heavy atom. The maximum Gasteiger partial charge on any atom is 0.357 e. The molecule has 1 saturated heterocycles. The van der Waals surface area contributed by atoms with Crippen molar-refractivity contribution in [2.75, 3.05) is 18.4 Å². The summed E-state index contributed by atoms with van der Waals surface area (Å²) in [4.78, 5) is 37.0. The normalized spacial score (nSPS) is 18.9. The number of fused-ring (bicyclic) bond motifs is 1. The second kappa shape index (κ2) is 9.59. The zero-order chi connectivity index (χ0) is 25.3. The number of carbonyl (C=O) groups excluding carboxylic acids is 1. The van der Waals surface area contributed by atoms with E-state index in [1.54, 1.807) is 12.1 Å². The number of benzene rings is 2. The van der Waals surface area contributed by atoms with Crippen molar-refractivity contribution in [1.82, 2.24) is 14.1 Å². The van der Waals surface area contributed by atoms with Crippen LogP contribution in [0.4, 0.5) is 5.69 Å². The Kier molecular flexibility index (Phi) is 6.73. The number of carboxylic acids is 1. The third-order valence-corrected chi connectivity index (χ3v) is 7.82. The van der Waals surface area contributed by atoms with Crippen LogP contribution < -0.4 is 10.9 Å². The third kappa shape index (κ3) is 5.10. The molecule has 2 N–H and O–H groups in total. The average molecular weight is 499 g/mol. The van der Waals surface area contributed by atoms with Crippen molar-refractivity contribution in [3.05, 3.63) is 64.6 Å². The van der Waals surface area contributed by atoms with Gasteiger partial charge >= 0.3 is 5.97 Å². The average Bonchev–Trinajstić information content (AvgIpc) is 2.80. The van der Waals surface area contributed by atoms with Gasteiger partial charge in [-0.05, 0) is 48.6 Å². The van der Waals surface area contributed by atoms with Gasteiger partial charge < -0.3 is 10.4 Å². The number of amides is 1. The second-order valence-corrected chi connectivity index (χ2v) is 10.9. The van der Waals surface area contributed by atoms with Gasteiger partial charge in [0.2, 0.25) is 15.9 Å². The molecule has 0 radical (unpaired) electrons. The predicted octanol–water partition coefficient (Wildman–Crippen LogP) is 2.40. The summed E-state index contributed by atoms with van der Waals surface area (Å²) in [7, 11) is -3.65. The second-order valence-electron chi connectivity index (χ2n) is 9.00. The van der Waals surface area contributed by atoms with E-state index in [0.717, 1.165) is 11.1 Å². The Labute approximate surface area is 202 Å². The molecule has 1 aliphatic rings. The first-order chi connectivity index (χ1) is 16.6. The van der Waals surface area contributed by atoms with Crippen LogP contribution in [0.3, 0.4) is 0 Å². The minimum Gasteiger partial charge on any atom is -0.476 e. The first-order valence-corrected chi connectivity index (χ1v) is 12.6. The van der Waals surface area contributed by atoms with Gasteiger partial charge in [-0.25, -0.2) is 17.9 Å². The summed E-state index contributed by atoms with van der Waals surface area (Å²) in [6, 6.07) is 12.0. The maximum absolute atomic E-state index is 13.0. The number of piperidine rings is 1. The number of sulfonamides is 1. The van der Waals surface area contributed by atoms with Gasteiger partial charge in [-0.15, -0.1) is 0 Å². The van der Waals surface area contributed by atoms with Gasteiger partial charge in [-0.2, -0.15) is 9.40 Å². The van der Waals surface area contributed by atoms with Gasteiger partial charge in [-0.1, -0.05) is 32.0 Å². The molecule has 1 amide bonds. The largest absolute Gasteiger partial charge is 0.476 e. The number of aromatic carboxylic acids is 1. The molecule has 2 unspecified atom stereocenters. The standard InChI is InChI=1S/C24H26N4O6S/c1-15-11-16(2)13-27(12-15)35(33,34)18-9-7-17(8-10-18)25-21(29)14-28-23(30)20-6-4-3-5-19(20)22(26-28)24(31)32/h3-10,15-16H,11-14H2,1-2H3,(H,25,29)(H,31,32). The Hall–Kier alpha value is -3.57. The molecule has 184 valence electrons. The number of carboxylic acid groups (broad SMARTS) is 1. The number of hydrogen-bond donors (Lipinski definition) is 2. The molecule has 1 aliphatic heterocycles. The molecule has 4 rings (SSSR count). The Morgan fingerprint density at radius 1 is 1.03 bits per heavy atom. The van der Waals surface area contributed by atoms with Gasteiger partial charge in [0.1, 0.15) is 6.54 Å². The first kappa shape index (κ1) is 24.6. The van der Waals surface area contributed by atoms with Crippen molar-refractivity contribution in [3.8, 4) is 0 Å². The lowest BCUT2D eigenvalue weighted by Crippen LogP contribution is -2.42. The van der Waals surface area contributed by atoms with Crippen LogP contribution >= 0.6 is 0 Å². The predicted molar refractivity (Wildman–Crippen MR) is 130 cm³/mol. The molecule has 35 heavy (non-hydrogen) atoms. The lowest BCUT2D eigenvalue weighted by molar-refractivity contribution is -0.117. The number of carbonyl (C=O) groups is 2. The van der Waals surface area contributed by atoms with Crippen LogP contribution in [0.1, 0.15) is 30.8 Å². The van der Waals surface area contributed by atoms with Crippen LogP contribution in [0, 0.1) is 11.8 Å². The molecule has 2 aromatic carbocycles. The van der Waals surface area contributed by atoms with Gasteiger partial charge in [0.25, 0.3) is 5.56 Å². The van der Waals surface area contributed by atoms with Crippen LogP contribution in [0.2, 0.25) is 0 Å². The summed E-state index contributed by atoms with van der Waals surface area (Å²) in [5.74, 6) is -1.37. The lowest BCUT2D eigenvalue weighted by atomic mass is 9.94. The summed E-state index contributed by atoms with van der Waals surface area (Å²) < 4.78 is 28.4. The van der Waals surface area contributed by atoms with Crippen molar-refractivity contribution in [2.45, 2.75) is 31.7 Å². The fourth-order valence-electron chi connectivity index (χ4n) is 4.50. The quantitative estimate of drug-likeness (QED) is 0.532. The number of hydrogen-bond acceptors (Lipinski definition) is 6.